The number of nitrogens with zero attached hydrogens (tertiary/aromatic N) is 3. The first kappa shape index (κ1) is 14.6. The van der Waals surface area contributed by atoms with Crippen LogP contribution in [0.4, 0.5) is 0 Å². The molecule has 2 heterocycles. The van der Waals surface area contributed by atoms with Gasteiger partial charge in [0.15, 0.2) is 0 Å². The van der Waals surface area contributed by atoms with Crippen molar-refractivity contribution in [3.05, 3.63) is 18.0 Å². The van der Waals surface area contributed by atoms with Crippen molar-refractivity contribution in [2.45, 2.75) is 51.6 Å². The lowest BCUT2D eigenvalue weighted by Crippen LogP contribution is -2.50. The zero-order valence-corrected chi connectivity index (χ0v) is 13.0. The van der Waals surface area contributed by atoms with Crippen LogP contribution in [0.2, 0.25) is 0 Å². The maximum Gasteiger partial charge on any atom is 0.274 e. The summed E-state index contributed by atoms with van der Waals surface area (Å²) in [5, 5.41) is 4.42. The number of morpholine rings is 1. The van der Waals surface area contributed by atoms with Crippen LogP contribution in [0.25, 0.3) is 0 Å². The Morgan fingerprint density at radius 3 is 2.90 bits per heavy atom. The third kappa shape index (κ3) is 3.12. The molecule has 0 unspecified atom stereocenters. The Hall–Kier alpha value is -1.36. The van der Waals surface area contributed by atoms with Gasteiger partial charge in [0.2, 0.25) is 0 Å². The van der Waals surface area contributed by atoms with Crippen molar-refractivity contribution in [1.82, 2.24) is 14.7 Å². The van der Waals surface area contributed by atoms with Gasteiger partial charge in [-0.05, 0) is 32.3 Å². The third-order valence-corrected chi connectivity index (χ3v) is 4.68. The van der Waals surface area contributed by atoms with E-state index in [9.17, 15) is 4.79 Å². The number of carbonyl (C=O) groups excluding carboxylic acids is 1. The van der Waals surface area contributed by atoms with E-state index in [0.29, 0.717) is 25.5 Å². The summed E-state index contributed by atoms with van der Waals surface area (Å²) in [6.07, 6.45) is 6.92. The molecule has 0 spiro atoms. The van der Waals surface area contributed by atoms with E-state index in [1.807, 2.05) is 21.8 Å². The van der Waals surface area contributed by atoms with Crippen LogP contribution < -0.4 is 0 Å². The number of amides is 1. The molecule has 1 aliphatic heterocycles. The van der Waals surface area contributed by atoms with Crippen molar-refractivity contribution in [2.75, 3.05) is 19.8 Å². The summed E-state index contributed by atoms with van der Waals surface area (Å²) < 4.78 is 7.43. The number of aromatic nitrogens is 2. The first-order valence-electron chi connectivity index (χ1n) is 8.09. The van der Waals surface area contributed by atoms with Crippen LogP contribution in [-0.2, 0) is 4.74 Å². The summed E-state index contributed by atoms with van der Waals surface area (Å²) in [5.41, 5.74) is 0.559. The summed E-state index contributed by atoms with van der Waals surface area (Å²) in [7, 11) is 0. The average Bonchev–Trinajstić information content (AvgIpc) is 2.92. The second-order valence-electron chi connectivity index (χ2n) is 6.53. The van der Waals surface area contributed by atoms with Gasteiger partial charge in [-0.1, -0.05) is 19.3 Å². The van der Waals surface area contributed by atoms with E-state index in [1.54, 1.807) is 0 Å². The highest BCUT2D eigenvalue weighted by atomic mass is 16.5. The SMILES string of the molecule is CC(C)n1ccc(C(=O)N2CCOC[C@@H]2CC2CCC2)n1. The highest BCUT2D eigenvalue weighted by molar-refractivity contribution is 5.92. The lowest BCUT2D eigenvalue weighted by molar-refractivity contribution is -0.0127. The predicted octanol–water partition coefficient (Wildman–Crippen LogP) is 2.50. The molecule has 0 radical (unpaired) electrons. The summed E-state index contributed by atoms with van der Waals surface area (Å²) in [5.74, 6) is 0.835. The van der Waals surface area contributed by atoms with Crippen LogP contribution in [0.3, 0.4) is 0 Å². The molecule has 1 aromatic rings. The van der Waals surface area contributed by atoms with Crippen molar-refractivity contribution < 1.29 is 9.53 Å². The van der Waals surface area contributed by atoms with E-state index < -0.39 is 0 Å². The van der Waals surface area contributed by atoms with Crippen molar-refractivity contribution in [1.29, 1.82) is 0 Å². The highest BCUT2D eigenvalue weighted by Crippen LogP contribution is 2.32. The Morgan fingerprint density at radius 1 is 1.48 bits per heavy atom. The van der Waals surface area contributed by atoms with Gasteiger partial charge in [0, 0.05) is 18.8 Å². The molecule has 116 valence electrons. The molecule has 5 heteroatoms. The summed E-state index contributed by atoms with van der Waals surface area (Å²) >= 11 is 0. The van der Waals surface area contributed by atoms with Gasteiger partial charge in [-0.3, -0.25) is 9.48 Å². The molecule has 5 nitrogen and oxygen atoms in total. The lowest BCUT2D eigenvalue weighted by Gasteiger charge is -2.39. The maximum atomic E-state index is 12.7. The van der Waals surface area contributed by atoms with E-state index >= 15 is 0 Å². The fourth-order valence-corrected chi connectivity index (χ4v) is 3.12. The fraction of sp³-hybridized carbons (Fsp3) is 0.750. The Labute approximate surface area is 126 Å². The van der Waals surface area contributed by atoms with E-state index in [4.69, 9.17) is 4.74 Å². The molecule has 1 amide bonds. The second kappa shape index (κ2) is 6.18. The van der Waals surface area contributed by atoms with Crippen molar-refractivity contribution in [2.24, 2.45) is 5.92 Å². The van der Waals surface area contributed by atoms with Crippen molar-refractivity contribution in [3.63, 3.8) is 0 Å². The van der Waals surface area contributed by atoms with Crippen LogP contribution in [0.15, 0.2) is 12.3 Å². The highest BCUT2D eigenvalue weighted by Gasteiger charge is 2.32. The summed E-state index contributed by atoms with van der Waals surface area (Å²) in [4.78, 5) is 14.7. The number of rotatable bonds is 4. The molecule has 0 N–H and O–H groups in total. The van der Waals surface area contributed by atoms with Gasteiger partial charge in [-0.15, -0.1) is 0 Å². The Balaban J connectivity index is 1.70. The van der Waals surface area contributed by atoms with E-state index in [2.05, 4.69) is 18.9 Å². The molecular formula is C16H25N3O2. The minimum atomic E-state index is 0.0574. The van der Waals surface area contributed by atoms with Gasteiger partial charge in [0.25, 0.3) is 5.91 Å². The van der Waals surface area contributed by atoms with Crippen LogP contribution in [0, 0.1) is 5.92 Å². The quantitative estimate of drug-likeness (QED) is 0.856. The van der Waals surface area contributed by atoms with Crippen LogP contribution in [0.1, 0.15) is 56.1 Å². The molecule has 0 bridgehead atoms. The van der Waals surface area contributed by atoms with Gasteiger partial charge in [-0.25, -0.2) is 0 Å². The number of ether oxygens (including phenoxy) is 1. The number of hydrogen-bond acceptors (Lipinski definition) is 3. The molecule has 2 aliphatic rings. The topological polar surface area (TPSA) is 47.4 Å². The van der Waals surface area contributed by atoms with Gasteiger partial charge in [0.1, 0.15) is 5.69 Å². The van der Waals surface area contributed by atoms with Gasteiger partial charge in [0.05, 0.1) is 19.3 Å². The smallest absolute Gasteiger partial charge is 0.274 e. The molecule has 1 saturated heterocycles. The first-order chi connectivity index (χ1) is 10.1. The van der Waals surface area contributed by atoms with E-state index in [1.165, 1.54) is 19.3 Å². The lowest BCUT2D eigenvalue weighted by atomic mass is 9.80. The molecule has 1 saturated carbocycles. The molecule has 0 aromatic carbocycles. The van der Waals surface area contributed by atoms with Gasteiger partial charge < -0.3 is 9.64 Å². The summed E-state index contributed by atoms with van der Waals surface area (Å²) in [6.45, 7) is 6.13. The molecule has 1 aromatic heterocycles. The summed E-state index contributed by atoms with van der Waals surface area (Å²) in [6, 6.07) is 2.33. The largest absolute Gasteiger partial charge is 0.377 e. The van der Waals surface area contributed by atoms with Crippen molar-refractivity contribution >= 4 is 5.91 Å². The molecule has 1 atom stereocenters. The Morgan fingerprint density at radius 2 is 2.29 bits per heavy atom. The standard InChI is InChI=1S/C16H25N3O2/c1-12(2)19-7-6-15(17-19)16(20)18-8-9-21-11-14(18)10-13-4-3-5-13/h6-7,12-14H,3-5,8-11H2,1-2H3/t14-/m0/s1. The molecular weight excluding hydrogens is 266 g/mol. The third-order valence-electron chi connectivity index (χ3n) is 4.68. The van der Waals surface area contributed by atoms with Crippen LogP contribution >= 0.6 is 0 Å². The normalized spacial score (nSPS) is 23.4. The maximum absolute atomic E-state index is 12.7. The van der Waals surface area contributed by atoms with Crippen LogP contribution in [-0.4, -0.2) is 46.4 Å². The zero-order valence-electron chi connectivity index (χ0n) is 13.0. The zero-order chi connectivity index (χ0) is 14.8. The molecule has 2 fully saturated rings. The van der Waals surface area contributed by atoms with Gasteiger partial charge in [-0.2, -0.15) is 5.10 Å². The van der Waals surface area contributed by atoms with E-state index in [0.717, 1.165) is 12.3 Å². The number of hydrogen-bond donors (Lipinski definition) is 0. The predicted molar refractivity (Wildman–Crippen MR) is 80.2 cm³/mol. The van der Waals surface area contributed by atoms with Gasteiger partial charge >= 0.3 is 0 Å². The number of carbonyl (C=O) groups is 1. The monoisotopic (exact) mass is 291 g/mol. The molecule has 3 rings (SSSR count). The van der Waals surface area contributed by atoms with E-state index in [-0.39, 0.29) is 18.0 Å². The van der Waals surface area contributed by atoms with Crippen LogP contribution in [0.5, 0.6) is 0 Å². The molecule has 1 aliphatic carbocycles. The first-order valence-corrected chi connectivity index (χ1v) is 8.09. The Bertz CT molecular complexity index is 493. The fourth-order valence-electron chi connectivity index (χ4n) is 3.12. The minimum Gasteiger partial charge on any atom is -0.377 e. The second-order valence-corrected chi connectivity index (χ2v) is 6.53. The Kier molecular flexibility index (Phi) is 4.29. The minimum absolute atomic E-state index is 0.0574. The molecule has 21 heavy (non-hydrogen) atoms. The van der Waals surface area contributed by atoms with Crippen molar-refractivity contribution in [3.8, 4) is 0 Å². The average molecular weight is 291 g/mol.